The van der Waals surface area contributed by atoms with Gasteiger partial charge in [-0.1, -0.05) is 0 Å². The van der Waals surface area contributed by atoms with Crippen LogP contribution in [0.2, 0.25) is 0 Å². The largest absolute Gasteiger partial charge is 0.465 e. The summed E-state index contributed by atoms with van der Waals surface area (Å²) in [6.07, 6.45) is 4.48. The number of nitrogens with one attached hydrogen (secondary N) is 1. The summed E-state index contributed by atoms with van der Waals surface area (Å²) < 4.78 is 9.99. The van der Waals surface area contributed by atoms with E-state index >= 15 is 0 Å². The number of furan rings is 1. The Kier molecular flexibility index (Phi) is 4.54. The average Bonchev–Trinajstić information content (AvgIpc) is 3.02. The van der Waals surface area contributed by atoms with E-state index in [1.165, 1.54) is 36.7 Å². The lowest BCUT2D eigenvalue weighted by molar-refractivity contribution is -0.111. The van der Waals surface area contributed by atoms with E-state index in [0.717, 1.165) is 4.88 Å². The van der Waals surface area contributed by atoms with Crippen LogP contribution >= 0.6 is 11.3 Å². The molecular formula is C14H14N2O4S. The summed E-state index contributed by atoms with van der Waals surface area (Å²) in [6, 6.07) is 1.53. The molecule has 0 atom stereocenters. The maximum Gasteiger partial charge on any atom is 0.341 e. The molecule has 110 valence electrons. The number of carbonyl (C=O) groups is 2. The van der Waals surface area contributed by atoms with Gasteiger partial charge in [0.15, 0.2) is 5.13 Å². The number of hydrogen-bond donors (Lipinski definition) is 1. The normalized spacial score (nSPS) is 10.8. The number of hydrogen-bond acceptors (Lipinski definition) is 6. The van der Waals surface area contributed by atoms with Crippen LogP contribution < -0.4 is 5.32 Å². The molecule has 2 heterocycles. The molecule has 0 fully saturated rings. The summed E-state index contributed by atoms with van der Waals surface area (Å²) in [5.41, 5.74) is 0.341. The third-order valence-corrected chi connectivity index (χ3v) is 3.42. The lowest BCUT2D eigenvalue weighted by atomic mass is 10.2. The monoisotopic (exact) mass is 306 g/mol. The van der Waals surface area contributed by atoms with E-state index in [2.05, 4.69) is 15.0 Å². The zero-order valence-electron chi connectivity index (χ0n) is 11.8. The average molecular weight is 306 g/mol. The molecule has 0 bridgehead atoms. The highest BCUT2D eigenvalue weighted by molar-refractivity contribution is 7.15. The maximum absolute atomic E-state index is 11.7. The number of ether oxygens (including phenoxy) is 1. The number of aryl methyl sites for hydroxylation is 2. The van der Waals surface area contributed by atoms with Gasteiger partial charge in [-0.05, 0) is 26.0 Å². The van der Waals surface area contributed by atoms with Crippen LogP contribution in [0.4, 0.5) is 5.13 Å². The van der Waals surface area contributed by atoms with Crippen molar-refractivity contribution in [3.05, 3.63) is 40.3 Å². The molecule has 0 aliphatic heterocycles. The smallest absolute Gasteiger partial charge is 0.341 e. The fourth-order valence-electron chi connectivity index (χ4n) is 1.62. The zero-order valence-corrected chi connectivity index (χ0v) is 12.6. The fraction of sp³-hybridized carbons (Fsp3) is 0.214. The molecule has 21 heavy (non-hydrogen) atoms. The number of nitrogens with zero attached hydrogens (tertiary/aromatic N) is 1. The Morgan fingerprint density at radius 2 is 2.19 bits per heavy atom. The van der Waals surface area contributed by atoms with Crippen LogP contribution in [0.15, 0.2) is 22.8 Å². The minimum Gasteiger partial charge on any atom is -0.465 e. The summed E-state index contributed by atoms with van der Waals surface area (Å²) in [5, 5.41) is 3.17. The van der Waals surface area contributed by atoms with E-state index < -0.39 is 5.97 Å². The van der Waals surface area contributed by atoms with Crippen LogP contribution in [0, 0.1) is 13.8 Å². The highest BCUT2D eigenvalue weighted by Crippen LogP contribution is 2.18. The standard InChI is InChI=1S/C14H14N2O4S/c1-8-7-15-14(21-8)16-12(17)5-4-10-6-11(9(2)20-10)13(18)19-3/h4-7H,1-3H3,(H,15,16,17). The van der Waals surface area contributed by atoms with Gasteiger partial charge in [0.2, 0.25) is 5.91 Å². The van der Waals surface area contributed by atoms with Gasteiger partial charge in [0.1, 0.15) is 17.1 Å². The molecule has 2 aromatic heterocycles. The number of esters is 1. The number of anilines is 1. The third-order valence-electron chi connectivity index (χ3n) is 2.59. The van der Waals surface area contributed by atoms with Gasteiger partial charge < -0.3 is 9.15 Å². The quantitative estimate of drug-likeness (QED) is 0.694. The van der Waals surface area contributed by atoms with Gasteiger partial charge in [-0.2, -0.15) is 0 Å². The van der Waals surface area contributed by atoms with Crippen molar-refractivity contribution in [1.29, 1.82) is 0 Å². The van der Waals surface area contributed by atoms with Gasteiger partial charge in [0.05, 0.1) is 7.11 Å². The van der Waals surface area contributed by atoms with Crippen LogP contribution in [-0.4, -0.2) is 24.0 Å². The number of carbonyl (C=O) groups excluding carboxylic acids is 2. The van der Waals surface area contributed by atoms with Crippen molar-refractivity contribution in [3.63, 3.8) is 0 Å². The second-order valence-electron chi connectivity index (χ2n) is 4.21. The molecule has 2 rings (SSSR count). The Labute approximate surface area is 125 Å². The number of rotatable bonds is 4. The molecule has 0 aromatic carbocycles. The Hall–Kier alpha value is -2.41. The van der Waals surface area contributed by atoms with E-state index in [4.69, 9.17) is 4.42 Å². The Balaban J connectivity index is 2.03. The van der Waals surface area contributed by atoms with E-state index in [-0.39, 0.29) is 5.91 Å². The van der Waals surface area contributed by atoms with Crippen LogP contribution in [0.3, 0.4) is 0 Å². The molecular weight excluding hydrogens is 292 g/mol. The van der Waals surface area contributed by atoms with Crippen molar-refractivity contribution in [1.82, 2.24) is 4.98 Å². The summed E-state index contributed by atoms with van der Waals surface area (Å²) in [5.74, 6) is 0.0486. The van der Waals surface area contributed by atoms with Crippen molar-refractivity contribution in [2.24, 2.45) is 0 Å². The molecule has 0 unspecified atom stereocenters. The molecule has 1 N–H and O–H groups in total. The SMILES string of the molecule is COC(=O)c1cc(C=CC(=O)Nc2ncc(C)s2)oc1C. The van der Waals surface area contributed by atoms with Crippen molar-refractivity contribution < 1.29 is 18.7 Å². The lowest BCUT2D eigenvalue weighted by Gasteiger charge is -1.94. The van der Waals surface area contributed by atoms with E-state index in [1.807, 2.05) is 6.92 Å². The Morgan fingerprint density at radius 1 is 1.43 bits per heavy atom. The first-order chi connectivity index (χ1) is 9.99. The Morgan fingerprint density at radius 3 is 2.81 bits per heavy atom. The second-order valence-corrected chi connectivity index (χ2v) is 5.44. The zero-order chi connectivity index (χ0) is 15.4. The predicted octanol–water partition coefficient (Wildman–Crippen LogP) is 2.79. The van der Waals surface area contributed by atoms with Crippen molar-refractivity contribution in [2.45, 2.75) is 13.8 Å². The van der Waals surface area contributed by atoms with Crippen LogP contribution in [-0.2, 0) is 9.53 Å². The molecule has 7 heteroatoms. The second kappa shape index (κ2) is 6.36. The first-order valence-electron chi connectivity index (χ1n) is 6.10. The van der Waals surface area contributed by atoms with Gasteiger partial charge in [0.25, 0.3) is 0 Å². The van der Waals surface area contributed by atoms with Gasteiger partial charge in [-0.3, -0.25) is 10.1 Å². The minimum absolute atomic E-state index is 0.321. The fourth-order valence-corrected chi connectivity index (χ4v) is 2.28. The summed E-state index contributed by atoms with van der Waals surface area (Å²) in [6.45, 7) is 3.56. The first kappa shape index (κ1) is 15.0. The highest BCUT2D eigenvalue weighted by atomic mass is 32.1. The number of thiazole rings is 1. The molecule has 0 spiro atoms. The first-order valence-corrected chi connectivity index (χ1v) is 6.91. The van der Waals surface area contributed by atoms with Crippen LogP contribution in [0.25, 0.3) is 6.08 Å². The molecule has 0 saturated carbocycles. The summed E-state index contributed by atoms with van der Waals surface area (Å²) in [4.78, 5) is 28.2. The number of methoxy groups -OCH3 is 1. The van der Waals surface area contributed by atoms with Gasteiger partial charge in [0, 0.05) is 17.2 Å². The molecule has 0 aliphatic rings. The topological polar surface area (TPSA) is 81.4 Å². The molecule has 0 aliphatic carbocycles. The van der Waals surface area contributed by atoms with Crippen molar-refractivity contribution in [2.75, 3.05) is 12.4 Å². The molecule has 6 nitrogen and oxygen atoms in total. The van der Waals surface area contributed by atoms with E-state index in [9.17, 15) is 9.59 Å². The molecule has 0 radical (unpaired) electrons. The van der Waals surface area contributed by atoms with E-state index in [1.54, 1.807) is 13.1 Å². The lowest BCUT2D eigenvalue weighted by Crippen LogP contribution is -2.06. The number of aromatic nitrogens is 1. The molecule has 0 saturated heterocycles. The van der Waals surface area contributed by atoms with Gasteiger partial charge in [-0.15, -0.1) is 11.3 Å². The maximum atomic E-state index is 11.7. The molecule has 2 aromatic rings. The summed E-state index contributed by atoms with van der Waals surface area (Å²) in [7, 11) is 1.30. The van der Waals surface area contributed by atoms with Crippen LogP contribution in [0.1, 0.15) is 26.8 Å². The van der Waals surface area contributed by atoms with Crippen molar-refractivity contribution >= 4 is 34.4 Å². The van der Waals surface area contributed by atoms with Gasteiger partial charge in [-0.25, -0.2) is 9.78 Å². The van der Waals surface area contributed by atoms with Crippen LogP contribution in [0.5, 0.6) is 0 Å². The van der Waals surface area contributed by atoms with Crippen molar-refractivity contribution in [3.8, 4) is 0 Å². The minimum atomic E-state index is -0.474. The Bertz CT molecular complexity index is 700. The molecule has 1 amide bonds. The van der Waals surface area contributed by atoms with Gasteiger partial charge >= 0.3 is 5.97 Å². The highest BCUT2D eigenvalue weighted by Gasteiger charge is 2.14. The number of amides is 1. The predicted molar refractivity (Wildman–Crippen MR) is 79.3 cm³/mol. The van der Waals surface area contributed by atoms with E-state index in [0.29, 0.717) is 22.2 Å². The summed E-state index contributed by atoms with van der Waals surface area (Å²) >= 11 is 1.39. The third kappa shape index (κ3) is 3.79.